The molecule has 0 unspecified atom stereocenters. The number of nitrogens with one attached hydrogen (secondary N) is 1. The Morgan fingerprint density at radius 3 is 2.83 bits per heavy atom. The Morgan fingerprint density at radius 2 is 2.22 bits per heavy atom. The highest BCUT2D eigenvalue weighted by Gasteiger charge is 2.44. The van der Waals surface area contributed by atoms with Gasteiger partial charge in [0.15, 0.2) is 0 Å². The fourth-order valence-corrected chi connectivity index (χ4v) is 4.43. The van der Waals surface area contributed by atoms with Gasteiger partial charge >= 0.3 is 5.97 Å². The highest BCUT2D eigenvalue weighted by Crippen LogP contribution is 2.39. The van der Waals surface area contributed by atoms with Gasteiger partial charge in [0.1, 0.15) is 11.7 Å². The third-order valence-electron chi connectivity index (χ3n) is 5.00. The van der Waals surface area contributed by atoms with Gasteiger partial charge in [-0.1, -0.05) is 6.92 Å². The Balaban J connectivity index is 1.58. The summed E-state index contributed by atoms with van der Waals surface area (Å²) in [5, 5.41) is 15.1. The van der Waals surface area contributed by atoms with Gasteiger partial charge in [0.05, 0.1) is 5.01 Å². The number of piperidine rings is 1. The first-order valence-corrected chi connectivity index (χ1v) is 9.11. The zero-order valence-electron chi connectivity index (χ0n) is 13.4. The third-order valence-corrected chi connectivity index (χ3v) is 5.91. The van der Waals surface area contributed by atoms with E-state index in [0.717, 1.165) is 37.2 Å². The van der Waals surface area contributed by atoms with Crippen LogP contribution in [0.25, 0.3) is 0 Å². The van der Waals surface area contributed by atoms with Crippen molar-refractivity contribution in [3.8, 4) is 0 Å². The molecule has 0 saturated carbocycles. The summed E-state index contributed by atoms with van der Waals surface area (Å²) in [6.07, 6.45) is 4.35. The number of amides is 1. The summed E-state index contributed by atoms with van der Waals surface area (Å²) < 4.78 is 0. The number of carboxylic acid groups (broad SMARTS) is 1. The summed E-state index contributed by atoms with van der Waals surface area (Å²) in [4.78, 5) is 30.0. The van der Waals surface area contributed by atoms with E-state index in [1.54, 1.807) is 11.3 Å². The molecule has 2 aliphatic rings. The number of aromatic nitrogens is 1. The second kappa shape index (κ2) is 6.57. The lowest BCUT2D eigenvalue weighted by atomic mass is 9.76. The first-order chi connectivity index (χ1) is 11.0. The molecule has 1 spiro atoms. The first-order valence-electron chi connectivity index (χ1n) is 8.23. The number of carbonyl (C=O) groups is 2. The van der Waals surface area contributed by atoms with E-state index in [4.69, 9.17) is 5.11 Å². The molecule has 2 fully saturated rings. The third kappa shape index (κ3) is 3.40. The molecule has 0 radical (unpaired) electrons. The van der Waals surface area contributed by atoms with Crippen molar-refractivity contribution in [2.75, 3.05) is 19.6 Å². The number of carboxylic acids is 1. The molecule has 7 heteroatoms. The standard InChI is InChI=1S/C16H23N3O3S/c1-2-3-13-18-12(9-23-13)14(20)19-6-4-16(5-7-19)8-11(15(21)22)17-10-16/h9,11,17H,2-8,10H2,1H3,(H,21,22)/t11-/m1/s1. The zero-order valence-corrected chi connectivity index (χ0v) is 14.2. The minimum Gasteiger partial charge on any atom is -0.480 e. The van der Waals surface area contributed by atoms with Gasteiger partial charge in [0.2, 0.25) is 0 Å². The quantitative estimate of drug-likeness (QED) is 0.875. The summed E-state index contributed by atoms with van der Waals surface area (Å²) in [6.45, 7) is 4.22. The molecule has 0 aromatic carbocycles. The predicted octanol–water partition coefficient (Wildman–Crippen LogP) is 1.76. The van der Waals surface area contributed by atoms with E-state index in [1.807, 2.05) is 10.3 Å². The number of aliphatic carboxylic acids is 1. The molecule has 23 heavy (non-hydrogen) atoms. The molecule has 1 aromatic rings. The molecule has 126 valence electrons. The van der Waals surface area contributed by atoms with Gasteiger partial charge in [-0.25, -0.2) is 4.98 Å². The molecular weight excluding hydrogens is 314 g/mol. The normalized spacial score (nSPS) is 23.3. The second-order valence-corrected chi connectivity index (χ2v) is 7.59. The van der Waals surface area contributed by atoms with Gasteiger partial charge in [0.25, 0.3) is 5.91 Å². The highest BCUT2D eigenvalue weighted by atomic mass is 32.1. The van der Waals surface area contributed by atoms with E-state index in [1.165, 1.54) is 0 Å². The van der Waals surface area contributed by atoms with Gasteiger partial charge in [-0.05, 0) is 37.5 Å². The Morgan fingerprint density at radius 1 is 1.48 bits per heavy atom. The second-order valence-electron chi connectivity index (χ2n) is 6.64. The summed E-state index contributed by atoms with van der Waals surface area (Å²) >= 11 is 1.55. The number of rotatable bonds is 4. The number of hydrogen-bond acceptors (Lipinski definition) is 5. The summed E-state index contributed by atoms with van der Waals surface area (Å²) in [7, 11) is 0. The van der Waals surface area contributed by atoms with Crippen LogP contribution >= 0.6 is 11.3 Å². The van der Waals surface area contributed by atoms with Crippen molar-refractivity contribution in [3.05, 3.63) is 16.1 Å². The Kier molecular flexibility index (Phi) is 4.68. The van der Waals surface area contributed by atoms with Crippen molar-refractivity contribution in [3.63, 3.8) is 0 Å². The fourth-order valence-electron chi connectivity index (χ4n) is 3.56. The number of carbonyl (C=O) groups excluding carboxylic acids is 1. The molecule has 0 bridgehead atoms. The van der Waals surface area contributed by atoms with Gasteiger partial charge in [-0.2, -0.15) is 0 Å². The number of nitrogens with zero attached hydrogens (tertiary/aromatic N) is 2. The Hall–Kier alpha value is -1.47. The van der Waals surface area contributed by atoms with Crippen molar-refractivity contribution in [1.29, 1.82) is 0 Å². The van der Waals surface area contributed by atoms with E-state index in [-0.39, 0.29) is 11.3 Å². The van der Waals surface area contributed by atoms with E-state index in [0.29, 0.717) is 25.2 Å². The Labute approximate surface area is 139 Å². The minimum atomic E-state index is -0.772. The van der Waals surface area contributed by atoms with Crippen LogP contribution in [-0.4, -0.2) is 52.5 Å². The van der Waals surface area contributed by atoms with Gasteiger partial charge in [0, 0.05) is 25.0 Å². The lowest BCUT2D eigenvalue weighted by Crippen LogP contribution is -2.44. The first kappa shape index (κ1) is 16.4. The number of hydrogen-bond donors (Lipinski definition) is 2. The van der Waals surface area contributed by atoms with E-state index in [2.05, 4.69) is 17.2 Å². The maximum Gasteiger partial charge on any atom is 0.320 e. The maximum atomic E-state index is 12.6. The van der Waals surface area contributed by atoms with Gasteiger partial charge in [-0.3, -0.25) is 9.59 Å². The molecular formula is C16H23N3O3S. The van der Waals surface area contributed by atoms with Crippen molar-refractivity contribution in [2.24, 2.45) is 5.41 Å². The van der Waals surface area contributed by atoms with Crippen molar-refractivity contribution >= 4 is 23.2 Å². The fraction of sp³-hybridized carbons (Fsp3) is 0.688. The summed E-state index contributed by atoms with van der Waals surface area (Å²) in [6, 6.07) is -0.438. The minimum absolute atomic E-state index is 0.0131. The van der Waals surface area contributed by atoms with Crippen molar-refractivity contribution < 1.29 is 14.7 Å². The molecule has 3 heterocycles. The largest absolute Gasteiger partial charge is 0.480 e. The van der Waals surface area contributed by atoms with E-state index in [9.17, 15) is 9.59 Å². The van der Waals surface area contributed by atoms with Crippen LogP contribution in [0.4, 0.5) is 0 Å². The molecule has 1 atom stereocenters. The van der Waals surface area contributed by atoms with Crippen molar-refractivity contribution in [2.45, 2.75) is 45.1 Å². The monoisotopic (exact) mass is 337 g/mol. The lowest BCUT2D eigenvalue weighted by molar-refractivity contribution is -0.139. The van der Waals surface area contributed by atoms with E-state index < -0.39 is 12.0 Å². The smallest absolute Gasteiger partial charge is 0.320 e. The molecule has 3 rings (SSSR count). The molecule has 2 N–H and O–H groups in total. The number of thiazole rings is 1. The molecule has 1 aromatic heterocycles. The number of likely N-dealkylation sites (tertiary alicyclic amines) is 1. The van der Waals surface area contributed by atoms with Crippen LogP contribution in [-0.2, 0) is 11.2 Å². The van der Waals surface area contributed by atoms with Crippen LogP contribution in [0.5, 0.6) is 0 Å². The topological polar surface area (TPSA) is 82.5 Å². The highest BCUT2D eigenvalue weighted by molar-refractivity contribution is 7.09. The van der Waals surface area contributed by atoms with Crippen LogP contribution < -0.4 is 5.32 Å². The average molecular weight is 337 g/mol. The molecule has 0 aliphatic carbocycles. The van der Waals surface area contributed by atoms with Crippen LogP contribution in [0.15, 0.2) is 5.38 Å². The number of aryl methyl sites for hydroxylation is 1. The average Bonchev–Trinajstić information content (AvgIpc) is 3.16. The molecule has 2 saturated heterocycles. The predicted molar refractivity (Wildman–Crippen MR) is 87.7 cm³/mol. The summed E-state index contributed by atoms with van der Waals surface area (Å²) in [5.74, 6) is -0.759. The lowest BCUT2D eigenvalue weighted by Gasteiger charge is -2.38. The van der Waals surface area contributed by atoms with Gasteiger partial charge in [-0.15, -0.1) is 11.3 Å². The zero-order chi connectivity index (χ0) is 16.4. The maximum absolute atomic E-state index is 12.6. The molecule has 1 amide bonds. The van der Waals surface area contributed by atoms with Gasteiger partial charge < -0.3 is 15.3 Å². The molecule has 2 aliphatic heterocycles. The SMILES string of the molecule is CCCc1nc(C(=O)N2CCC3(CC2)CN[C@@H](C(=O)O)C3)cs1. The van der Waals surface area contributed by atoms with Crippen LogP contribution in [0.3, 0.4) is 0 Å². The Bertz CT molecular complexity index is 593. The van der Waals surface area contributed by atoms with Crippen LogP contribution in [0.2, 0.25) is 0 Å². The van der Waals surface area contributed by atoms with Crippen molar-refractivity contribution in [1.82, 2.24) is 15.2 Å². The van der Waals surface area contributed by atoms with Crippen LogP contribution in [0.1, 0.15) is 48.1 Å². The van der Waals surface area contributed by atoms with E-state index >= 15 is 0 Å². The summed E-state index contributed by atoms with van der Waals surface area (Å²) in [5.41, 5.74) is 0.595. The van der Waals surface area contributed by atoms with Crippen LogP contribution in [0, 0.1) is 5.41 Å². The molecule has 6 nitrogen and oxygen atoms in total.